The highest BCUT2D eigenvalue weighted by molar-refractivity contribution is 7.99. The van der Waals surface area contributed by atoms with E-state index in [4.69, 9.17) is 9.84 Å². The summed E-state index contributed by atoms with van der Waals surface area (Å²) in [7, 11) is -4.01. The van der Waals surface area contributed by atoms with Crippen LogP contribution in [0.3, 0.4) is 0 Å². The van der Waals surface area contributed by atoms with Crippen molar-refractivity contribution in [3.8, 4) is 5.75 Å². The number of carboxylic acid groups (broad SMARTS) is 1. The first-order chi connectivity index (χ1) is 15.5. The number of rotatable bonds is 9. The minimum absolute atomic E-state index is 0.0158. The molecule has 0 saturated carbocycles. The predicted octanol–water partition coefficient (Wildman–Crippen LogP) is 3.01. The standard InChI is InChI=1S/C24H28N2O6S/c1-24(2,3)26-23(29)21(22(33(26,30)31)18-8-5-4-6-9-18)25-14-7-15-32-19-12-10-17(11-13-19)16-20(27)28/h4-6,8-13,25H,7,14-16H2,1-3H3,(H,27,28). The van der Waals surface area contributed by atoms with Crippen molar-refractivity contribution < 1.29 is 27.9 Å². The van der Waals surface area contributed by atoms with E-state index in [1.165, 1.54) is 0 Å². The highest BCUT2D eigenvalue weighted by Gasteiger charge is 2.49. The van der Waals surface area contributed by atoms with Gasteiger partial charge in [0, 0.05) is 6.54 Å². The molecule has 0 saturated heterocycles. The van der Waals surface area contributed by atoms with Crippen molar-refractivity contribution in [3.05, 3.63) is 71.4 Å². The van der Waals surface area contributed by atoms with Crippen molar-refractivity contribution in [2.24, 2.45) is 0 Å². The summed E-state index contributed by atoms with van der Waals surface area (Å²) in [5.41, 5.74) is 0.295. The summed E-state index contributed by atoms with van der Waals surface area (Å²) in [5.74, 6) is -0.865. The number of carbonyl (C=O) groups is 2. The minimum Gasteiger partial charge on any atom is -0.494 e. The molecule has 0 fully saturated rings. The first-order valence-corrected chi connectivity index (χ1v) is 12.0. The first-order valence-electron chi connectivity index (χ1n) is 10.6. The molecule has 1 aliphatic rings. The number of sulfonamides is 1. The molecule has 1 aliphatic heterocycles. The zero-order chi connectivity index (χ0) is 24.2. The van der Waals surface area contributed by atoms with Crippen LogP contribution in [0.4, 0.5) is 0 Å². The monoisotopic (exact) mass is 472 g/mol. The molecule has 3 rings (SSSR count). The number of nitrogens with zero attached hydrogens (tertiary/aromatic N) is 1. The molecule has 0 radical (unpaired) electrons. The van der Waals surface area contributed by atoms with Gasteiger partial charge in [-0.2, -0.15) is 0 Å². The van der Waals surface area contributed by atoms with E-state index in [1.807, 2.05) is 0 Å². The predicted molar refractivity (Wildman–Crippen MR) is 125 cm³/mol. The van der Waals surface area contributed by atoms with Gasteiger partial charge in [0.2, 0.25) is 0 Å². The number of ether oxygens (including phenoxy) is 1. The topological polar surface area (TPSA) is 113 Å². The van der Waals surface area contributed by atoms with Gasteiger partial charge >= 0.3 is 5.97 Å². The Morgan fingerprint density at radius 1 is 1.06 bits per heavy atom. The summed E-state index contributed by atoms with van der Waals surface area (Å²) in [4.78, 5) is 23.8. The number of hydrogen-bond donors (Lipinski definition) is 2. The second kappa shape index (κ2) is 9.66. The van der Waals surface area contributed by atoms with Crippen molar-refractivity contribution in [1.82, 2.24) is 9.62 Å². The maximum absolute atomic E-state index is 13.3. The van der Waals surface area contributed by atoms with Gasteiger partial charge in [-0.25, -0.2) is 12.7 Å². The van der Waals surface area contributed by atoms with E-state index in [2.05, 4.69) is 5.32 Å². The molecule has 1 heterocycles. The average Bonchev–Trinajstić information content (AvgIpc) is 2.93. The van der Waals surface area contributed by atoms with Gasteiger partial charge in [0.15, 0.2) is 0 Å². The molecule has 9 heteroatoms. The quantitative estimate of drug-likeness (QED) is 0.540. The zero-order valence-electron chi connectivity index (χ0n) is 18.9. The number of amides is 1. The second-order valence-electron chi connectivity index (χ2n) is 8.66. The third kappa shape index (κ3) is 5.54. The maximum Gasteiger partial charge on any atom is 0.307 e. The molecule has 0 aromatic heterocycles. The summed E-state index contributed by atoms with van der Waals surface area (Å²) in [6.07, 6.45) is 0.469. The van der Waals surface area contributed by atoms with Gasteiger partial charge < -0.3 is 15.2 Å². The van der Waals surface area contributed by atoms with Gasteiger partial charge in [-0.15, -0.1) is 0 Å². The van der Waals surface area contributed by atoms with Gasteiger partial charge in [0.1, 0.15) is 16.4 Å². The molecule has 0 spiro atoms. The van der Waals surface area contributed by atoms with Crippen LogP contribution in [0.25, 0.3) is 4.91 Å². The average molecular weight is 473 g/mol. The van der Waals surface area contributed by atoms with Crippen LogP contribution in [0.1, 0.15) is 38.3 Å². The van der Waals surface area contributed by atoms with E-state index in [1.54, 1.807) is 75.4 Å². The smallest absolute Gasteiger partial charge is 0.307 e. The molecule has 0 atom stereocenters. The summed E-state index contributed by atoms with van der Waals surface area (Å²) >= 11 is 0. The number of nitrogens with one attached hydrogen (secondary N) is 1. The molecule has 2 aromatic carbocycles. The highest BCUT2D eigenvalue weighted by atomic mass is 32.2. The SMILES string of the molecule is CC(C)(C)N1C(=O)C(NCCCOc2ccc(CC(=O)O)cc2)=C(c2ccccc2)S1(=O)=O. The summed E-state index contributed by atoms with van der Waals surface area (Å²) in [6, 6.07) is 15.4. The Morgan fingerprint density at radius 3 is 2.27 bits per heavy atom. The lowest BCUT2D eigenvalue weighted by molar-refractivity contribution is -0.136. The number of benzene rings is 2. The van der Waals surface area contributed by atoms with E-state index in [0.29, 0.717) is 36.4 Å². The molecule has 33 heavy (non-hydrogen) atoms. The molecular formula is C24H28N2O6S. The lowest BCUT2D eigenvalue weighted by Gasteiger charge is -2.30. The molecular weight excluding hydrogens is 444 g/mol. The number of aliphatic carboxylic acids is 1. The highest BCUT2D eigenvalue weighted by Crippen LogP contribution is 2.38. The molecule has 0 bridgehead atoms. The Morgan fingerprint density at radius 2 is 1.70 bits per heavy atom. The van der Waals surface area contributed by atoms with Crippen LogP contribution in [0.2, 0.25) is 0 Å². The molecule has 0 aliphatic carbocycles. The van der Waals surface area contributed by atoms with Crippen molar-refractivity contribution in [3.63, 3.8) is 0 Å². The molecule has 8 nitrogen and oxygen atoms in total. The Bertz CT molecular complexity index is 1150. The number of hydrogen-bond acceptors (Lipinski definition) is 6. The summed E-state index contributed by atoms with van der Waals surface area (Å²) in [6.45, 7) is 5.72. The molecule has 0 unspecified atom stereocenters. The summed E-state index contributed by atoms with van der Waals surface area (Å²) in [5, 5.41) is 11.8. The van der Waals surface area contributed by atoms with E-state index in [9.17, 15) is 18.0 Å². The molecule has 1 amide bonds. The van der Waals surface area contributed by atoms with Gasteiger partial charge in [-0.3, -0.25) is 9.59 Å². The fourth-order valence-corrected chi connectivity index (χ4v) is 5.65. The Labute approximate surface area is 193 Å². The Hall–Kier alpha value is -3.33. The van der Waals surface area contributed by atoms with Crippen LogP contribution < -0.4 is 10.1 Å². The van der Waals surface area contributed by atoms with Gasteiger partial charge in [0.05, 0.1) is 18.6 Å². The van der Waals surface area contributed by atoms with E-state index in [0.717, 1.165) is 4.31 Å². The number of carbonyl (C=O) groups excluding carboxylic acids is 1. The fourth-order valence-electron chi connectivity index (χ4n) is 3.59. The normalized spacial score (nSPS) is 15.6. The molecule has 2 N–H and O–H groups in total. The van der Waals surface area contributed by atoms with E-state index < -0.39 is 27.4 Å². The fraction of sp³-hybridized carbons (Fsp3) is 0.333. The molecule has 176 valence electrons. The minimum atomic E-state index is -4.01. The largest absolute Gasteiger partial charge is 0.494 e. The number of carboxylic acids is 1. The third-order valence-corrected chi connectivity index (χ3v) is 7.09. The maximum atomic E-state index is 13.3. The van der Waals surface area contributed by atoms with Crippen molar-refractivity contribution in [1.29, 1.82) is 0 Å². The van der Waals surface area contributed by atoms with Crippen LogP contribution in [-0.4, -0.2) is 48.4 Å². The summed E-state index contributed by atoms with van der Waals surface area (Å²) < 4.78 is 33.1. The van der Waals surface area contributed by atoms with Crippen molar-refractivity contribution in [2.45, 2.75) is 39.2 Å². The third-order valence-electron chi connectivity index (χ3n) is 4.94. The lowest BCUT2D eigenvalue weighted by Crippen LogP contribution is -2.46. The first kappa shape index (κ1) is 24.3. The van der Waals surface area contributed by atoms with Gasteiger partial charge in [0.25, 0.3) is 15.9 Å². The molecule has 2 aromatic rings. The van der Waals surface area contributed by atoms with Gasteiger partial charge in [-0.05, 0) is 50.5 Å². The Balaban J connectivity index is 1.68. The van der Waals surface area contributed by atoms with E-state index in [-0.39, 0.29) is 17.0 Å². The van der Waals surface area contributed by atoms with Crippen LogP contribution in [0.15, 0.2) is 60.3 Å². The van der Waals surface area contributed by atoms with Crippen LogP contribution in [-0.2, 0) is 26.0 Å². The van der Waals surface area contributed by atoms with Crippen LogP contribution >= 0.6 is 0 Å². The van der Waals surface area contributed by atoms with Crippen molar-refractivity contribution in [2.75, 3.05) is 13.2 Å². The van der Waals surface area contributed by atoms with E-state index >= 15 is 0 Å². The van der Waals surface area contributed by atoms with Crippen LogP contribution in [0.5, 0.6) is 5.75 Å². The van der Waals surface area contributed by atoms with Gasteiger partial charge in [-0.1, -0.05) is 42.5 Å². The second-order valence-corrected chi connectivity index (χ2v) is 10.4. The zero-order valence-corrected chi connectivity index (χ0v) is 19.7. The lowest BCUT2D eigenvalue weighted by atomic mass is 10.1. The van der Waals surface area contributed by atoms with Crippen LogP contribution in [0, 0.1) is 0 Å². The Kier molecular flexibility index (Phi) is 7.12. The van der Waals surface area contributed by atoms with Crippen molar-refractivity contribution >= 4 is 26.8 Å².